The summed E-state index contributed by atoms with van der Waals surface area (Å²) in [6.07, 6.45) is 1.80. The van der Waals surface area contributed by atoms with Crippen LogP contribution in [-0.2, 0) is 6.54 Å². The van der Waals surface area contributed by atoms with Crippen molar-refractivity contribution in [3.63, 3.8) is 0 Å². The SMILES string of the molecule is C=CCn1c(Sc2ccc3nnc(-c4ccccc4F)n3n2)nnc1-c1ccc(C)cc1. The van der Waals surface area contributed by atoms with Gasteiger partial charge in [0.05, 0.1) is 5.56 Å². The first-order chi connectivity index (χ1) is 15.6. The molecule has 3 aromatic heterocycles. The van der Waals surface area contributed by atoms with Crippen molar-refractivity contribution < 1.29 is 4.39 Å². The summed E-state index contributed by atoms with van der Waals surface area (Å²) < 4.78 is 17.8. The Balaban J connectivity index is 1.53. The lowest BCUT2D eigenvalue weighted by molar-refractivity contribution is 0.629. The highest BCUT2D eigenvalue weighted by Gasteiger charge is 2.17. The first-order valence-corrected chi connectivity index (χ1v) is 10.7. The fourth-order valence-corrected chi connectivity index (χ4v) is 4.10. The molecule has 0 atom stereocenters. The van der Waals surface area contributed by atoms with Crippen LogP contribution in [0.4, 0.5) is 4.39 Å². The van der Waals surface area contributed by atoms with Gasteiger partial charge >= 0.3 is 0 Å². The minimum Gasteiger partial charge on any atom is -0.298 e. The molecule has 0 fully saturated rings. The zero-order valence-corrected chi connectivity index (χ0v) is 18.0. The summed E-state index contributed by atoms with van der Waals surface area (Å²) in [5.41, 5.74) is 3.02. The Morgan fingerprint density at radius 1 is 0.938 bits per heavy atom. The van der Waals surface area contributed by atoms with Crippen molar-refractivity contribution in [2.75, 3.05) is 0 Å². The molecule has 9 heteroatoms. The molecule has 0 aliphatic heterocycles. The fraction of sp³-hybridized carbons (Fsp3) is 0.0870. The summed E-state index contributed by atoms with van der Waals surface area (Å²) in [6.45, 7) is 6.46. The number of nitrogens with zero attached hydrogens (tertiary/aromatic N) is 7. The second-order valence-corrected chi connectivity index (χ2v) is 8.11. The van der Waals surface area contributed by atoms with Crippen LogP contribution in [0.15, 0.2) is 83.5 Å². The van der Waals surface area contributed by atoms with E-state index < -0.39 is 0 Å². The normalized spacial score (nSPS) is 11.2. The molecule has 0 spiro atoms. The third-order valence-electron chi connectivity index (χ3n) is 4.89. The molecule has 0 aliphatic carbocycles. The van der Waals surface area contributed by atoms with Gasteiger partial charge in [-0.3, -0.25) is 4.57 Å². The van der Waals surface area contributed by atoms with Gasteiger partial charge in [-0.25, -0.2) is 4.39 Å². The molecule has 7 nitrogen and oxygen atoms in total. The van der Waals surface area contributed by atoms with Gasteiger partial charge in [0.25, 0.3) is 0 Å². The first-order valence-electron chi connectivity index (χ1n) is 9.90. The molecular weight excluding hydrogens is 425 g/mol. The molecule has 32 heavy (non-hydrogen) atoms. The minimum absolute atomic E-state index is 0.339. The van der Waals surface area contributed by atoms with Crippen LogP contribution < -0.4 is 0 Å². The lowest BCUT2D eigenvalue weighted by atomic mass is 10.1. The van der Waals surface area contributed by atoms with E-state index in [1.165, 1.54) is 27.9 Å². The molecule has 158 valence electrons. The number of allylic oxidation sites excluding steroid dienone is 1. The quantitative estimate of drug-likeness (QED) is 0.350. The second-order valence-electron chi connectivity index (χ2n) is 7.12. The molecular formula is C23H18FN7S. The third kappa shape index (κ3) is 3.67. The van der Waals surface area contributed by atoms with Crippen LogP contribution in [0, 0.1) is 12.7 Å². The van der Waals surface area contributed by atoms with Gasteiger partial charge in [0.15, 0.2) is 22.5 Å². The van der Waals surface area contributed by atoms with Gasteiger partial charge in [0, 0.05) is 12.1 Å². The van der Waals surface area contributed by atoms with Crippen molar-refractivity contribution in [1.29, 1.82) is 0 Å². The van der Waals surface area contributed by atoms with Gasteiger partial charge < -0.3 is 0 Å². The van der Waals surface area contributed by atoms with Crippen LogP contribution in [0.1, 0.15) is 5.56 Å². The van der Waals surface area contributed by atoms with E-state index in [1.807, 2.05) is 41.8 Å². The second kappa shape index (κ2) is 8.35. The predicted octanol–water partition coefficient (Wildman–Crippen LogP) is 4.83. The van der Waals surface area contributed by atoms with Gasteiger partial charge in [-0.2, -0.15) is 9.61 Å². The number of halogens is 1. The highest BCUT2D eigenvalue weighted by atomic mass is 32.2. The maximum absolute atomic E-state index is 14.3. The van der Waals surface area contributed by atoms with Crippen molar-refractivity contribution in [2.24, 2.45) is 0 Å². The predicted molar refractivity (Wildman–Crippen MR) is 121 cm³/mol. The lowest BCUT2D eigenvalue weighted by Gasteiger charge is -2.08. The molecule has 0 saturated heterocycles. The molecule has 0 aliphatic rings. The summed E-state index contributed by atoms with van der Waals surface area (Å²) in [6, 6.07) is 18.2. The van der Waals surface area contributed by atoms with Gasteiger partial charge in [0.2, 0.25) is 0 Å². The van der Waals surface area contributed by atoms with Crippen LogP contribution >= 0.6 is 11.8 Å². The molecule has 0 saturated carbocycles. The van der Waals surface area contributed by atoms with Crippen LogP contribution in [0.25, 0.3) is 28.4 Å². The molecule has 5 rings (SSSR count). The van der Waals surface area contributed by atoms with E-state index in [0.717, 1.165) is 11.4 Å². The number of fused-ring (bicyclic) bond motifs is 1. The lowest BCUT2D eigenvalue weighted by Crippen LogP contribution is -2.02. The average molecular weight is 444 g/mol. The van der Waals surface area contributed by atoms with Crippen LogP contribution in [0.3, 0.4) is 0 Å². The van der Waals surface area contributed by atoms with Crippen molar-refractivity contribution in [3.05, 3.63) is 84.7 Å². The Hall–Kier alpha value is -3.85. The monoisotopic (exact) mass is 443 g/mol. The van der Waals surface area contributed by atoms with E-state index in [-0.39, 0.29) is 5.82 Å². The molecule has 2 aromatic carbocycles. The van der Waals surface area contributed by atoms with Crippen molar-refractivity contribution in [1.82, 2.24) is 34.6 Å². The number of benzene rings is 2. The average Bonchev–Trinajstić information content (AvgIpc) is 3.39. The number of hydrogen-bond donors (Lipinski definition) is 0. The number of hydrogen-bond acceptors (Lipinski definition) is 6. The number of rotatable bonds is 6. The topological polar surface area (TPSA) is 73.8 Å². The molecule has 0 radical (unpaired) electrons. The molecule has 0 N–H and O–H groups in total. The fourth-order valence-electron chi connectivity index (χ4n) is 3.30. The van der Waals surface area contributed by atoms with E-state index >= 15 is 0 Å². The summed E-state index contributed by atoms with van der Waals surface area (Å²) in [5.74, 6) is 0.716. The Bertz CT molecular complexity index is 1420. The summed E-state index contributed by atoms with van der Waals surface area (Å²) in [7, 11) is 0. The van der Waals surface area contributed by atoms with Crippen molar-refractivity contribution in [3.8, 4) is 22.8 Å². The zero-order valence-electron chi connectivity index (χ0n) is 17.2. The molecule has 0 bridgehead atoms. The Labute approximate surface area is 187 Å². The highest BCUT2D eigenvalue weighted by molar-refractivity contribution is 7.99. The highest BCUT2D eigenvalue weighted by Crippen LogP contribution is 2.29. The standard InChI is InChI=1S/C23H18FN7S/c1-3-14-30-21(16-10-8-15(2)9-11-16)26-28-23(30)32-20-13-12-19-25-27-22(31(19)29-20)17-6-4-5-7-18(17)24/h3-13H,1,14H2,2H3. The summed E-state index contributed by atoms with van der Waals surface area (Å²) >= 11 is 1.36. The van der Waals surface area contributed by atoms with Crippen LogP contribution in [0.5, 0.6) is 0 Å². The van der Waals surface area contributed by atoms with Gasteiger partial charge in [-0.15, -0.1) is 27.0 Å². The van der Waals surface area contributed by atoms with E-state index in [2.05, 4.69) is 32.1 Å². The third-order valence-corrected chi connectivity index (χ3v) is 5.80. The van der Waals surface area contributed by atoms with Crippen molar-refractivity contribution in [2.45, 2.75) is 23.7 Å². The number of aromatic nitrogens is 7. The maximum atomic E-state index is 14.3. The Kier molecular flexibility index (Phi) is 5.24. The summed E-state index contributed by atoms with van der Waals surface area (Å²) in [5, 5.41) is 23.0. The van der Waals surface area contributed by atoms with Crippen molar-refractivity contribution >= 4 is 17.4 Å². The van der Waals surface area contributed by atoms with E-state index in [0.29, 0.717) is 33.8 Å². The van der Waals surface area contributed by atoms with Gasteiger partial charge in [-0.05, 0) is 43.0 Å². The van der Waals surface area contributed by atoms with Crippen LogP contribution in [0.2, 0.25) is 0 Å². The molecule has 5 aromatic rings. The smallest absolute Gasteiger partial charge is 0.198 e. The molecule has 0 unspecified atom stereocenters. The Morgan fingerprint density at radius 3 is 2.50 bits per heavy atom. The van der Waals surface area contributed by atoms with Gasteiger partial charge in [0.1, 0.15) is 10.8 Å². The van der Waals surface area contributed by atoms with Gasteiger partial charge in [-0.1, -0.05) is 48.0 Å². The van der Waals surface area contributed by atoms with E-state index in [9.17, 15) is 4.39 Å². The first kappa shape index (κ1) is 20.1. The maximum Gasteiger partial charge on any atom is 0.198 e. The van der Waals surface area contributed by atoms with Crippen LogP contribution in [-0.4, -0.2) is 34.6 Å². The molecule has 3 heterocycles. The zero-order chi connectivity index (χ0) is 22.1. The number of aryl methyl sites for hydroxylation is 1. The Morgan fingerprint density at radius 2 is 1.72 bits per heavy atom. The molecule has 0 amide bonds. The largest absolute Gasteiger partial charge is 0.298 e. The van der Waals surface area contributed by atoms with E-state index in [4.69, 9.17) is 0 Å². The summed E-state index contributed by atoms with van der Waals surface area (Å²) in [4.78, 5) is 0. The van der Waals surface area contributed by atoms with E-state index in [1.54, 1.807) is 30.3 Å². The minimum atomic E-state index is -0.380.